The second-order valence-corrected chi connectivity index (χ2v) is 4.41. The Balaban J connectivity index is 2.39. The molecular weight excluding hydrogens is 240 g/mol. The van der Waals surface area contributed by atoms with Gasteiger partial charge in [0, 0.05) is 13.1 Å². The Bertz CT molecular complexity index is 273. The zero-order valence-corrected chi connectivity index (χ0v) is 9.56. The van der Waals surface area contributed by atoms with Crippen molar-refractivity contribution in [2.45, 2.75) is 32.1 Å². The smallest absolute Gasteiger partial charge is 0.324 e. The van der Waals surface area contributed by atoms with Gasteiger partial charge in [0.05, 0.1) is 6.54 Å². The Hall–Kier alpha value is -1.01. The number of rotatable bonds is 3. The summed E-state index contributed by atoms with van der Waals surface area (Å²) in [6, 6.07) is -0.697. The quantitative estimate of drug-likeness (QED) is 0.772. The minimum absolute atomic E-state index is 0.310. The minimum atomic E-state index is -4.17. The summed E-state index contributed by atoms with van der Waals surface area (Å²) < 4.78 is 48.8. The molecule has 1 fully saturated rings. The van der Waals surface area contributed by atoms with Gasteiger partial charge in [0.2, 0.25) is 0 Å². The summed E-state index contributed by atoms with van der Waals surface area (Å²) in [5, 5.41) is 1.85. The fraction of sp³-hybridized carbons (Fsp3) is 0.900. The zero-order valence-electron chi connectivity index (χ0n) is 9.56. The molecule has 0 aliphatic carbocycles. The Morgan fingerprint density at radius 3 is 2.71 bits per heavy atom. The van der Waals surface area contributed by atoms with Gasteiger partial charge in [-0.15, -0.1) is 0 Å². The van der Waals surface area contributed by atoms with E-state index in [2.05, 4.69) is 0 Å². The van der Waals surface area contributed by atoms with Crippen LogP contribution in [-0.2, 0) is 0 Å². The van der Waals surface area contributed by atoms with Gasteiger partial charge in [-0.05, 0) is 18.8 Å². The lowest BCUT2D eigenvalue weighted by molar-refractivity contribution is -0.123. The fourth-order valence-electron chi connectivity index (χ4n) is 1.76. The summed E-state index contributed by atoms with van der Waals surface area (Å²) in [6.45, 7) is 1.59. The van der Waals surface area contributed by atoms with Crippen LogP contribution in [0.3, 0.4) is 0 Å². The lowest BCUT2D eigenvalue weighted by atomic mass is 10.0. The van der Waals surface area contributed by atoms with Crippen molar-refractivity contribution in [2.24, 2.45) is 5.92 Å². The standard InChI is InChI=1S/C10H16F4N2O/c1-7-3-2-4-16(5-7)9(17)15-6-10(13,14)8(11)12/h7-8H,2-6H2,1H3,(H,15,17). The molecule has 100 valence electrons. The summed E-state index contributed by atoms with van der Waals surface area (Å²) >= 11 is 0. The number of carbonyl (C=O) groups excluding carboxylic acids is 1. The lowest BCUT2D eigenvalue weighted by Crippen LogP contribution is -2.49. The van der Waals surface area contributed by atoms with Crippen molar-refractivity contribution in [1.82, 2.24) is 10.2 Å². The first-order valence-electron chi connectivity index (χ1n) is 5.51. The van der Waals surface area contributed by atoms with Crippen LogP contribution in [0.2, 0.25) is 0 Å². The molecule has 0 spiro atoms. The fourth-order valence-corrected chi connectivity index (χ4v) is 1.76. The van der Waals surface area contributed by atoms with Gasteiger partial charge < -0.3 is 10.2 Å². The monoisotopic (exact) mass is 256 g/mol. The normalized spacial score (nSPS) is 21.8. The molecular formula is C10H16F4N2O. The molecule has 1 aliphatic rings. The topological polar surface area (TPSA) is 32.3 Å². The van der Waals surface area contributed by atoms with Crippen molar-refractivity contribution in [3.05, 3.63) is 0 Å². The predicted molar refractivity (Wildman–Crippen MR) is 54.3 cm³/mol. The molecule has 7 heteroatoms. The average molecular weight is 256 g/mol. The number of nitrogens with one attached hydrogen (secondary N) is 1. The van der Waals surface area contributed by atoms with Gasteiger partial charge in [-0.3, -0.25) is 0 Å². The van der Waals surface area contributed by atoms with Gasteiger partial charge in [0.25, 0.3) is 0 Å². The molecule has 1 rings (SSSR count). The highest BCUT2D eigenvalue weighted by Gasteiger charge is 2.41. The van der Waals surface area contributed by atoms with E-state index in [0.717, 1.165) is 12.8 Å². The largest absolute Gasteiger partial charge is 0.332 e. The number of amides is 2. The average Bonchev–Trinajstić information content (AvgIpc) is 2.25. The maximum absolute atomic E-state index is 12.6. The Kier molecular flexibility index (Phi) is 4.59. The number of piperidine rings is 1. The van der Waals surface area contributed by atoms with E-state index in [-0.39, 0.29) is 0 Å². The predicted octanol–water partition coefficient (Wildman–Crippen LogP) is 2.33. The summed E-state index contributed by atoms with van der Waals surface area (Å²) in [5.74, 6) is -3.86. The second kappa shape index (κ2) is 5.55. The van der Waals surface area contributed by atoms with Crippen molar-refractivity contribution >= 4 is 6.03 Å². The number of halogens is 4. The molecule has 1 aliphatic heterocycles. The van der Waals surface area contributed by atoms with Gasteiger partial charge in [0.15, 0.2) is 0 Å². The third-order valence-corrected chi connectivity index (χ3v) is 2.74. The Morgan fingerprint density at radius 1 is 1.53 bits per heavy atom. The maximum Gasteiger partial charge on any atom is 0.324 e. The van der Waals surface area contributed by atoms with Crippen LogP contribution in [-0.4, -0.2) is 42.9 Å². The minimum Gasteiger partial charge on any atom is -0.332 e. The summed E-state index contributed by atoms with van der Waals surface area (Å²) in [7, 11) is 0. The first-order valence-corrected chi connectivity index (χ1v) is 5.51. The molecule has 0 radical (unpaired) electrons. The van der Waals surface area contributed by atoms with Crippen LogP contribution < -0.4 is 5.32 Å². The van der Waals surface area contributed by atoms with E-state index in [1.807, 2.05) is 12.2 Å². The first-order chi connectivity index (χ1) is 7.83. The van der Waals surface area contributed by atoms with E-state index in [9.17, 15) is 22.4 Å². The van der Waals surface area contributed by atoms with Crippen molar-refractivity contribution in [1.29, 1.82) is 0 Å². The molecule has 1 atom stereocenters. The van der Waals surface area contributed by atoms with Crippen molar-refractivity contribution in [3.63, 3.8) is 0 Å². The Morgan fingerprint density at radius 2 is 2.18 bits per heavy atom. The van der Waals surface area contributed by atoms with E-state index in [4.69, 9.17) is 0 Å². The van der Waals surface area contributed by atoms with E-state index in [1.54, 1.807) is 0 Å². The molecule has 0 aromatic heterocycles. The molecule has 2 amide bonds. The molecule has 0 aromatic rings. The molecule has 0 saturated carbocycles. The van der Waals surface area contributed by atoms with E-state index in [0.29, 0.717) is 19.0 Å². The third kappa shape index (κ3) is 4.05. The lowest BCUT2D eigenvalue weighted by Gasteiger charge is -2.31. The number of urea groups is 1. The highest BCUT2D eigenvalue weighted by atomic mass is 19.3. The van der Waals surface area contributed by atoms with Crippen LogP contribution in [0, 0.1) is 5.92 Å². The third-order valence-electron chi connectivity index (χ3n) is 2.74. The number of alkyl halides is 4. The zero-order chi connectivity index (χ0) is 13.1. The summed E-state index contributed by atoms with van der Waals surface area (Å²) in [6.07, 6.45) is -1.97. The van der Waals surface area contributed by atoms with Crippen LogP contribution in [0.1, 0.15) is 19.8 Å². The van der Waals surface area contributed by atoms with Crippen molar-refractivity contribution in [3.8, 4) is 0 Å². The molecule has 1 N–H and O–H groups in total. The van der Waals surface area contributed by atoms with Crippen LogP contribution >= 0.6 is 0 Å². The molecule has 1 heterocycles. The first kappa shape index (κ1) is 14.1. The van der Waals surface area contributed by atoms with E-state index < -0.39 is 24.9 Å². The number of hydrogen-bond acceptors (Lipinski definition) is 1. The molecule has 1 saturated heterocycles. The molecule has 17 heavy (non-hydrogen) atoms. The van der Waals surface area contributed by atoms with Gasteiger partial charge in [-0.1, -0.05) is 6.92 Å². The van der Waals surface area contributed by atoms with Crippen molar-refractivity contribution < 1.29 is 22.4 Å². The highest BCUT2D eigenvalue weighted by molar-refractivity contribution is 5.74. The van der Waals surface area contributed by atoms with E-state index in [1.165, 1.54) is 4.90 Å². The van der Waals surface area contributed by atoms with Crippen LogP contribution in [0.4, 0.5) is 22.4 Å². The second-order valence-electron chi connectivity index (χ2n) is 4.41. The summed E-state index contributed by atoms with van der Waals surface area (Å²) in [4.78, 5) is 12.8. The number of carbonyl (C=O) groups is 1. The molecule has 0 bridgehead atoms. The molecule has 0 aromatic carbocycles. The van der Waals surface area contributed by atoms with Gasteiger partial charge in [-0.25, -0.2) is 13.6 Å². The van der Waals surface area contributed by atoms with Gasteiger partial charge in [0.1, 0.15) is 0 Å². The maximum atomic E-state index is 12.6. The van der Waals surface area contributed by atoms with Gasteiger partial charge in [-0.2, -0.15) is 8.78 Å². The summed E-state index contributed by atoms with van der Waals surface area (Å²) in [5.41, 5.74) is 0. The SMILES string of the molecule is CC1CCCN(C(=O)NCC(F)(F)C(F)F)C1. The highest BCUT2D eigenvalue weighted by Crippen LogP contribution is 2.22. The number of nitrogens with zero attached hydrogens (tertiary/aromatic N) is 1. The Labute approximate surface area is 97.2 Å². The van der Waals surface area contributed by atoms with Crippen LogP contribution in [0.25, 0.3) is 0 Å². The van der Waals surface area contributed by atoms with Crippen LogP contribution in [0.5, 0.6) is 0 Å². The molecule has 1 unspecified atom stereocenters. The van der Waals surface area contributed by atoms with Crippen molar-refractivity contribution in [2.75, 3.05) is 19.6 Å². The number of hydrogen-bond donors (Lipinski definition) is 1. The number of likely N-dealkylation sites (tertiary alicyclic amines) is 1. The van der Waals surface area contributed by atoms with Crippen LogP contribution in [0.15, 0.2) is 0 Å². The van der Waals surface area contributed by atoms with Gasteiger partial charge >= 0.3 is 18.4 Å². The van der Waals surface area contributed by atoms with E-state index >= 15 is 0 Å². The molecule has 3 nitrogen and oxygen atoms in total.